The monoisotopic (exact) mass is 306 g/mol. The van der Waals surface area contributed by atoms with Gasteiger partial charge in [0.25, 0.3) is 0 Å². The zero-order valence-electron chi connectivity index (χ0n) is 10.6. The molecule has 1 atom stereocenters. The molecule has 20 heavy (non-hydrogen) atoms. The van der Waals surface area contributed by atoms with Crippen LogP contribution in [-0.2, 0) is 11.0 Å². The number of piperidine rings is 1. The van der Waals surface area contributed by atoms with Crippen molar-refractivity contribution in [3.05, 3.63) is 28.8 Å². The predicted octanol–water partition coefficient (Wildman–Crippen LogP) is 3.44. The number of halogens is 4. The molecule has 0 radical (unpaired) electrons. The Kier molecular flexibility index (Phi) is 4.55. The van der Waals surface area contributed by atoms with Gasteiger partial charge in [-0.05, 0) is 37.6 Å². The van der Waals surface area contributed by atoms with Crippen molar-refractivity contribution in [3.8, 4) is 0 Å². The maximum absolute atomic E-state index is 12.7. The van der Waals surface area contributed by atoms with Gasteiger partial charge in [0.1, 0.15) is 0 Å². The van der Waals surface area contributed by atoms with Crippen LogP contribution in [0.2, 0.25) is 5.02 Å². The van der Waals surface area contributed by atoms with Crippen LogP contribution in [0.25, 0.3) is 0 Å². The molecule has 1 aromatic carbocycles. The Hall–Kier alpha value is -1.27. The third-order valence-electron chi connectivity index (χ3n) is 3.12. The van der Waals surface area contributed by atoms with E-state index in [0.29, 0.717) is 6.42 Å². The first-order valence-corrected chi connectivity index (χ1v) is 6.66. The van der Waals surface area contributed by atoms with E-state index >= 15 is 0 Å². The summed E-state index contributed by atoms with van der Waals surface area (Å²) in [5.41, 5.74) is -0.820. The Balaban J connectivity index is 2.12. The molecular formula is C13H14ClF3N2O. The standard InChI is InChI=1S/C13H14ClF3N2O/c14-9-5-8(13(15,16)17)6-10(7-9)19-12(20)11-3-1-2-4-18-11/h5-7,11,18H,1-4H2,(H,19,20)/t11-/m0/s1. The van der Waals surface area contributed by atoms with Gasteiger partial charge < -0.3 is 10.6 Å². The summed E-state index contributed by atoms with van der Waals surface area (Å²) >= 11 is 5.66. The minimum absolute atomic E-state index is 0.0576. The van der Waals surface area contributed by atoms with Gasteiger partial charge in [-0.15, -0.1) is 0 Å². The van der Waals surface area contributed by atoms with Gasteiger partial charge in [0.05, 0.1) is 11.6 Å². The number of benzene rings is 1. The average Bonchev–Trinajstić information content (AvgIpc) is 2.38. The number of nitrogens with one attached hydrogen (secondary N) is 2. The molecule has 0 aromatic heterocycles. The number of carbonyl (C=O) groups is 1. The highest BCUT2D eigenvalue weighted by atomic mass is 35.5. The second kappa shape index (κ2) is 6.01. The largest absolute Gasteiger partial charge is 0.416 e. The van der Waals surface area contributed by atoms with Gasteiger partial charge in [-0.3, -0.25) is 4.79 Å². The number of amides is 1. The van der Waals surface area contributed by atoms with E-state index in [1.165, 1.54) is 6.07 Å². The van der Waals surface area contributed by atoms with Gasteiger partial charge in [-0.2, -0.15) is 13.2 Å². The molecule has 1 amide bonds. The molecule has 1 saturated heterocycles. The summed E-state index contributed by atoms with van der Waals surface area (Å²) in [5, 5.41) is 5.45. The molecule has 1 aliphatic heterocycles. The van der Waals surface area contributed by atoms with Crippen molar-refractivity contribution in [2.45, 2.75) is 31.5 Å². The van der Waals surface area contributed by atoms with E-state index < -0.39 is 11.7 Å². The van der Waals surface area contributed by atoms with E-state index in [-0.39, 0.29) is 22.7 Å². The molecule has 7 heteroatoms. The zero-order valence-corrected chi connectivity index (χ0v) is 11.3. The quantitative estimate of drug-likeness (QED) is 0.879. The SMILES string of the molecule is O=C(Nc1cc(Cl)cc(C(F)(F)F)c1)[C@@H]1CCCCN1. The van der Waals surface area contributed by atoms with Crippen LogP contribution in [0.3, 0.4) is 0 Å². The second-order valence-corrected chi connectivity index (χ2v) is 5.15. The van der Waals surface area contributed by atoms with E-state index in [1.54, 1.807) is 0 Å². The predicted molar refractivity (Wildman–Crippen MR) is 70.7 cm³/mol. The van der Waals surface area contributed by atoms with Crippen LogP contribution in [0.1, 0.15) is 24.8 Å². The average molecular weight is 307 g/mol. The molecule has 1 aromatic rings. The lowest BCUT2D eigenvalue weighted by atomic mass is 10.0. The van der Waals surface area contributed by atoms with Crippen molar-refractivity contribution >= 4 is 23.2 Å². The summed E-state index contributed by atoms with van der Waals surface area (Å²) < 4.78 is 38.0. The third-order valence-corrected chi connectivity index (χ3v) is 3.34. The van der Waals surface area contributed by atoms with Crippen LogP contribution < -0.4 is 10.6 Å². The molecule has 0 aliphatic carbocycles. The highest BCUT2D eigenvalue weighted by Gasteiger charge is 2.31. The fraction of sp³-hybridized carbons (Fsp3) is 0.462. The van der Waals surface area contributed by atoms with E-state index in [4.69, 9.17) is 11.6 Å². The third kappa shape index (κ3) is 3.86. The lowest BCUT2D eigenvalue weighted by Crippen LogP contribution is -2.43. The van der Waals surface area contributed by atoms with Crippen molar-refractivity contribution in [2.75, 3.05) is 11.9 Å². The summed E-state index contributed by atoms with van der Waals surface area (Å²) in [5.74, 6) is -0.333. The highest BCUT2D eigenvalue weighted by molar-refractivity contribution is 6.31. The molecule has 110 valence electrons. The Bertz CT molecular complexity index is 499. The van der Waals surface area contributed by atoms with Gasteiger partial charge in [0.2, 0.25) is 5.91 Å². The Labute approximate surface area is 119 Å². The van der Waals surface area contributed by atoms with Crippen LogP contribution >= 0.6 is 11.6 Å². The van der Waals surface area contributed by atoms with Gasteiger partial charge in [-0.25, -0.2) is 0 Å². The number of hydrogen-bond donors (Lipinski definition) is 2. The van der Waals surface area contributed by atoms with Crippen molar-refractivity contribution < 1.29 is 18.0 Å². The second-order valence-electron chi connectivity index (χ2n) is 4.72. The van der Waals surface area contributed by atoms with Gasteiger partial charge in [0.15, 0.2) is 0 Å². The van der Waals surface area contributed by atoms with Crippen LogP contribution in [-0.4, -0.2) is 18.5 Å². The number of rotatable bonds is 2. The summed E-state index contributed by atoms with van der Waals surface area (Å²) in [6.45, 7) is 0.738. The Morgan fingerprint density at radius 1 is 1.30 bits per heavy atom. The van der Waals surface area contributed by atoms with Crippen molar-refractivity contribution in [1.29, 1.82) is 0 Å². The normalized spacial score (nSPS) is 19.7. The number of hydrogen-bond acceptors (Lipinski definition) is 2. The lowest BCUT2D eigenvalue weighted by Gasteiger charge is -2.22. The van der Waals surface area contributed by atoms with Crippen molar-refractivity contribution in [3.63, 3.8) is 0 Å². The maximum Gasteiger partial charge on any atom is 0.416 e. The molecular weight excluding hydrogens is 293 g/mol. The molecule has 1 fully saturated rings. The minimum Gasteiger partial charge on any atom is -0.325 e. The molecule has 1 heterocycles. The Morgan fingerprint density at radius 2 is 2.05 bits per heavy atom. The molecule has 3 nitrogen and oxygen atoms in total. The fourth-order valence-electron chi connectivity index (χ4n) is 2.13. The van der Waals surface area contributed by atoms with E-state index in [2.05, 4.69) is 10.6 Å². The first kappa shape index (κ1) is 15.1. The molecule has 2 rings (SSSR count). The summed E-state index contributed by atoms with van der Waals surface area (Å²) in [7, 11) is 0. The van der Waals surface area contributed by atoms with Gasteiger partial charge in [-0.1, -0.05) is 18.0 Å². The molecule has 2 N–H and O–H groups in total. The zero-order chi connectivity index (χ0) is 14.8. The van der Waals surface area contributed by atoms with Crippen LogP contribution in [0.15, 0.2) is 18.2 Å². The molecule has 0 unspecified atom stereocenters. The molecule has 0 saturated carbocycles. The van der Waals surface area contributed by atoms with Crippen LogP contribution in [0.4, 0.5) is 18.9 Å². The van der Waals surface area contributed by atoms with Crippen LogP contribution in [0.5, 0.6) is 0 Å². The van der Waals surface area contributed by atoms with Crippen molar-refractivity contribution in [1.82, 2.24) is 5.32 Å². The topological polar surface area (TPSA) is 41.1 Å². The van der Waals surface area contributed by atoms with E-state index in [0.717, 1.165) is 31.5 Å². The van der Waals surface area contributed by atoms with E-state index in [1.807, 2.05) is 0 Å². The minimum atomic E-state index is -4.49. The number of carbonyl (C=O) groups excluding carboxylic acids is 1. The summed E-state index contributed by atoms with van der Waals surface area (Å²) in [4.78, 5) is 11.9. The fourth-order valence-corrected chi connectivity index (χ4v) is 2.37. The maximum atomic E-state index is 12.7. The number of alkyl halides is 3. The lowest BCUT2D eigenvalue weighted by molar-refractivity contribution is -0.137. The highest BCUT2D eigenvalue weighted by Crippen LogP contribution is 2.33. The molecule has 0 spiro atoms. The Morgan fingerprint density at radius 3 is 2.65 bits per heavy atom. The summed E-state index contributed by atoms with van der Waals surface area (Å²) in [6, 6.07) is 2.65. The molecule has 1 aliphatic rings. The number of anilines is 1. The van der Waals surface area contributed by atoms with Gasteiger partial charge in [0, 0.05) is 10.7 Å². The van der Waals surface area contributed by atoms with Crippen LogP contribution in [0, 0.1) is 0 Å². The molecule has 0 bridgehead atoms. The van der Waals surface area contributed by atoms with Gasteiger partial charge >= 0.3 is 6.18 Å². The van der Waals surface area contributed by atoms with E-state index in [9.17, 15) is 18.0 Å². The smallest absolute Gasteiger partial charge is 0.325 e. The first-order chi connectivity index (χ1) is 9.36. The van der Waals surface area contributed by atoms with Crippen molar-refractivity contribution in [2.24, 2.45) is 0 Å². The summed E-state index contributed by atoms with van der Waals surface area (Å²) in [6.07, 6.45) is -1.89. The first-order valence-electron chi connectivity index (χ1n) is 6.28.